The third kappa shape index (κ3) is 9.20. The van der Waals surface area contributed by atoms with Gasteiger partial charge in [-0.15, -0.1) is 0 Å². The van der Waals surface area contributed by atoms with E-state index in [2.05, 4.69) is 54.5 Å². The molecule has 1 unspecified atom stereocenters. The highest BCUT2D eigenvalue weighted by Crippen LogP contribution is 2.61. The van der Waals surface area contributed by atoms with E-state index in [4.69, 9.17) is 9.57 Å². The van der Waals surface area contributed by atoms with Gasteiger partial charge in [-0.05, 0) is 112 Å². The molecule has 4 N–H and O–H groups in total. The van der Waals surface area contributed by atoms with Crippen molar-refractivity contribution in [3.8, 4) is 16.9 Å². The fraction of sp³-hybridized carbons (Fsp3) is 0.583. The first-order valence-corrected chi connectivity index (χ1v) is 22.0. The normalized spacial score (nSPS) is 27.4. The summed E-state index contributed by atoms with van der Waals surface area (Å²) < 4.78 is 6.43. The van der Waals surface area contributed by atoms with E-state index in [-0.39, 0.29) is 42.5 Å². The Bertz CT molecular complexity index is 1910. The molecule has 3 aromatic carbocycles. The highest BCUT2D eigenvalue weighted by Gasteiger charge is 2.57. The van der Waals surface area contributed by atoms with Crippen molar-refractivity contribution in [1.82, 2.24) is 20.6 Å². The number of fused-ring (bicyclic) bond motifs is 2. The van der Waals surface area contributed by atoms with Gasteiger partial charge in [0.2, 0.25) is 5.91 Å². The topological polar surface area (TPSA) is 127 Å². The molecule has 3 saturated carbocycles. The van der Waals surface area contributed by atoms with Gasteiger partial charge >= 0.3 is 0 Å². The molecule has 11 nitrogen and oxygen atoms in total. The number of anilines is 1. The minimum Gasteiger partial charge on any atom is -0.493 e. The number of ether oxygens (including phenoxy) is 1. The number of aliphatic hydroxyl groups is 2. The lowest BCUT2D eigenvalue weighted by Crippen LogP contribution is -2.62. The number of hydrogen-bond donors (Lipinski definition) is 4. The van der Waals surface area contributed by atoms with Gasteiger partial charge in [-0.25, -0.2) is 0 Å². The standard InChI is InChI=1S/C48H67N5O6/c1-8-58-45-33(27-53-44(43(31(3)55)42(29-54)59-53)47(57)50-41-26-36-25-40(30(41)2)48(36,4)5)17-14-18-39(45)34-22-35(24-38(23-34)51(6)7)46(56)49-37(28-52-19-12-13-20-52)21-32-15-10-9-11-16-32/h9-11,14-18,22-24,30-31,36-37,40-44,54-55H,8,12-13,19-21,25-29H2,1-7H3,(H,49,56)(H,50,57)/t30-,31-,36+,37-,40-,41-,42-,43?,44-/m0/s1. The van der Waals surface area contributed by atoms with E-state index in [9.17, 15) is 19.8 Å². The average molecular weight is 810 g/mol. The van der Waals surface area contributed by atoms with E-state index in [0.717, 1.165) is 54.9 Å². The Morgan fingerprint density at radius 3 is 2.42 bits per heavy atom. The third-order valence-electron chi connectivity index (χ3n) is 14.1. The molecule has 2 heterocycles. The van der Waals surface area contributed by atoms with Gasteiger partial charge in [0, 0.05) is 61.0 Å². The van der Waals surface area contributed by atoms with Crippen LogP contribution in [-0.2, 0) is 22.6 Å². The van der Waals surface area contributed by atoms with E-state index in [1.165, 1.54) is 24.8 Å². The van der Waals surface area contributed by atoms with Gasteiger partial charge in [0.15, 0.2) is 0 Å². The molecule has 2 bridgehead atoms. The summed E-state index contributed by atoms with van der Waals surface area (Å²) in [6.07, 6.45) is 3.58. The quantitative estimate of drug-likeness (QED) is 0.140. The number of aliphatic hydroxyl groups excluding tert-OH is 2. The second kappa shape index (κ2) is 18.3. The molecule has 0 radical (unpaired) electrons. The summed E-state index contributed by atoms with van der Waals surface area (Å²) >= 11 is 0. The van der Waals surface area contributed by atoms with Crippen molar-refractivity contribution in [2.75, 3.05) is 51.8 Å². The molecular formula is C48H67N5O6. The Balaban J connectivity index is 1.17. The van der Waals surface area contributed by atoms with Crippen LogP contribution in [0.1, 0.15) is 81.8 Å². The van der Waals surface area contributed by atoms with Crippen LogP contribution in [0.15, 0.2) is 66.7 Å². The number of rotatable bonds is 16. The fourth-order valence-electron chi connectivity index (χ4n) is 10.7. The molecule has 2 saturated heterocycles. The lowest BCUT2D eigenvalue weighted by Gasteiger charge is -2.62. The molecule has 2 aliphatic heterocycles. The van der Waals surface area contributed by atoms with E-state index < -0.39 is 24.2 Å². The molecule has 9 atom stereocenters. The average Bonchev–Trinajstić information content (AvgIpc) is 3.87. The van der Waals surface area contributed by atoms with E-state index >= 15 is 0 Å². The second-order valence-corrected chi connectivity index (χ2v) is 18.5. The van der Waals surface area contributed by atoms with Gasteiger partial charge in [0.1, 0.15) is 17.9 Å². The van der Waals surface area contributed by atoms with Crippen molar-refractivity contribution in [3.63, 3.8) is 0 Å². The zero-order chi connectivity index (χ0) is 42.0. The highest BCUT2D eigenvalue weighted by atomic mass is 16.7. The van der Waals surface area contributed by atoms with E-state index in [0.29, 0.717) is 35.7 Å². The monoisotopic (exact) mass is 810 g/mol. The second-order valence-electron chi connectivity index (χ2n) is 18.5. The van der Waals surface area contributed by atoms with Crippen LogP contribution in [0.4, 0.5) is 5.69 Å². The largest absolute Gasteiger partial charge is 0.493 e. The Morgan fingerprint density at radius 1 is 1.03 bits per heavy atom. The van der Waals surface area contributed by atoms with Crippen LogP contribution in [0.25, 0.3) is 11.1 Å². The van der Waals surface area contributed by atoms with Gasteiger partial charge in [-0.2, -0.15) is 5.06 Å². The Hall–Kier alpha value is -4.00. The Morgan fingerprint density at radius 2 is 1.78 bits per heavy atom. The first kappa shape index (κ1) is 43.1. The van der Waals surface area contributed by atoms with Gasteiger partial charge in [-0.1, -0.05) is 69.3 Å². The number of carbonyl (C=O) groups is 2. The fourth-order valence-corrected chi connectivity index (χ4v) is 10.7. The van der Waals surface area contributed by atoms with Crippen LogP contribution < -0.4 is 20.3 Å². The Kier molecular flexibility index (Phi) is 13.4. The number of hydroxylamine groups is 2. The van der Waals surface area contributed by atoms with Gasteiger partial charge in [0.05, 0.1) is 25.9 Å². The van der Waals surface area contributed by atoms with Crippen LogP contribution in [0, 0.1) is 29.1 Å². The van der Waals surface area contributed by atoms with Crippen molar-refractivity contribution in [2.24, 2.45) is 29.1 Å². The number of amides is 2. The minimum absolute atomic E-state index is 0.0375. The molecule has 0 spiro atoms. The van der Waals surface area contributed by atoms with Gasteiger partial charge in [0.25, 0.3) is 5.91 Å². The van der Waals surface area contributed by atoms with Crippen molar-refractivity contribution >= 4 is 17.5 Å². The molecule has 5 aliphatic rings. The van der Waals surface area contributed by atoms with Crippen molar-refractivity contribution in [3.05, 3.63) is 83.4 Å². The van der Waals surface area contributed by atoms with E-state index in [1.54, 1.807) is 12.0 Å². The summed E-state index contributed by atoms with van der Waals surface area (Å²) in [5.74, 6) is 1.12. The first-order valence-electron chi connectivity index (χ1n) is 22.0. The minimum atomic E-state index is -0.900. The first-order chi connectivity index (χ1) is 28.3. The summed E-state index contributed by atoms with van der Waals surface area (Å²) in [5, 5.41) is 29.9. The molecule has 2 amide bonds. The lowest BCUT2D eigenvalue weighted by molar-refractivity contribution is -0.183. The van der Waals surface area contributed by atoms with Crippen molar-refractivity contribution in [1.29, 1.82) is 0 Å². The third-order valence-corrected chi connectivity index (χ3v) is 14.1. The maximum absolute atomic E-state index is 14.4. The molecule has 8 rings (SSSR count). The lowest BCUT2D eigenvalue weighted by atomic mass is 9.45. The molecule has 59 heavy (non-hydrogen) atoms. The van der Waals surface area contributed by atoms with E-state index in [1.807, 2.05) is 74.4 Å². The van der Waals surface area contributed by atoms with Gasteiger partial charge in [-0.3, -0.25) is 14.4 Å². The SMILES string of the molecule is CCOc1c(CN2O[C@@H](CO)C([C@H](C)O)[C@H]2C(=O)N[C@H]2C[C@H]3C[C@@H]([C@@H]2C)C3(C)C)cccc1-c1cc(C(=O)N[C@@H](Cc2ccccc2)CN2CCCC2)cc(N(C)C)c1. The van der Waals surface area contributed by atoms with Gasteiger partial charge < -0.3 is 35.4 Å². The molecular weight excluding hydrogens is 743 g/mol. The maximum atomic E-state index is 14.4. The number of hydrogen-bond acceptors (Lipinski definition) is 9. The van der Waals surface area contributed by atoms with Crippen LogP contribution in [0.2, 0.25) is 0 Å². The summed E-state index contributed by atoms with van der Waals surface area (Å²) in [5.41, 5.74) is 5.32. The molecule has 3 aliphatic carbocycles. The number of nitrogens with zero attached hydrogens (tertiary/aromatic N) is 3. The number of para-hydroxylation sites is 1. The van der Waals surface area contributed by atoms with Crippen LogP contribution in [0.3, 0.4) is 0 Å². The summed E-state index contributed by atoms with van der Waals surface area (Å²) in [6, 6.07) is 21.3. The summed E-state index contributed by atoms with van der Waals surface area (Å²) in [4.78, 5) is 39.5. The highest BCUT2D eigenvalue weighted by molar-refractivity contribution is 5.97. The molecule has 0 aromatic heterocycles. The molecule has 11 heteroatoms. The summed E-state index contributed by atoms with van der Waals surface area (Å²) in [7, 11) is 3.94. The summed E-state index contributed by atoms with van der Waals surface area (Å²) in [6.45, 7) is 13.7. The smallest absolute Gasteiger partial charge is 0.251 e. The predicted octanol–water partition coefficient (Wildman–Crippen LogP) is 5.92. The Labute approximate surface area is 351 Å². The maximum Gasteiger partial charge on any atom is 0.251 e. The van der Waals surface area contributed by atoms with Crippen LogP contribution in [0.5, 0.6) is 5.75 Å². The zero-order valence-corrected chi connectivity index (χ0v) is 36.2. The van der Waals surface area contributed by atoms with Crippen LogP contribution >= 0.6 is 0 Å². The van der Waals surface area contributed by atoms with Crippen LogP contribution in [-0.4, -0.2) is 109 Å². The number of benzene rings is 3. The number of nitrogens with one attached hydrogen (secondary N) is 2. The van der Waals surface area contributed by atoms with Crippen molar-refractivity contribution in [2.45, 2.75) is 104 Å². The molecule has 320 valence electrons. The molecule has 5 fully saturated rings. The number of carbonyl (C=O) groups excluding carboxylic acids is 2. The predicted molar refractivity (Wildman–Crippen MR) is 232 cm³/mol. The zero-order valence-electron chi connectivity index (χ0n) is 36.2. The molecule has 3 aromatic rings. The van der Waals surface area contributed by atoms with Crippen molar-refractivity contribution < 1.29 is 29.4 Å². The number of likely N-dealkylation sites (tertiary alicyclic amines) is 1.